The van der Waals surface area contributed by atoms with Crippen molar-refractivity contribution in [3.63, 3.8) is 0 Å². The molecular weight excluding hydrogens is 229 g/mol. The summed E-state index contributed by atoms with van der Waals surface area (Å²) < 4.78 is 13.4. The summed E-state index contributed by atoms with van der Waals surface area (Å²) in [6.45, 7) is 3.70. The van der Waals surface area contributed by atoms with E-state index in [1.165, 1.54) is 6.07 Å². The van der Waals surface area contributed by atoms with Gasteiger partial charge in [-0.15, -0.1) is 0 Å². The Bertz CT molecular complexity index is 554. The van der Waals surface area contributed by atoms with Crippen molar-refractivity contribution in [3.05, 3.63) is 59.4 Å². The number of benzene rings is 2. The van der Waals surface area contributed by atoms with E-state index in [2.05, 4.69) is 5.32 Å². The predicted molar refractivity (Wildman–Crippen MR) is 71.3 cm³/mol. The quantitative estimate of drug-likeness (QED) is 0.856. The number of rotatable bonds is 3. The number of hydrogen-bond donors (Lipinski definition) is 2. The Kier molecular flexibility index (Phi) is 3.51. The number of halogens is 1. The number of aromatic hydroxyl groups is 1. The Morgan fingerprint density at radius 1 is 1.17 bits per heavy atom. The van der Waals surface area contributed by atoms with Crippen LogP contribution in [0.2, 0.25) is 0 Å². The van der Waals surface area contributed by atoms with E-state index in [1.54, 1.807) is 31.2 Å². The molecule has 2 rings (SSSR count). The lowest BCUT2D eigenvalue weighted by molar-refractivity contribution is 0.474. The summed E-state index contributed by atoms with van der Waals surface area (Å²) in [7, 11) is 0. The summed E-state index contributed by atoms with van der Waals surface area (Å²) in [6, 6.07) is 12.1. The third kappa shape index (κ3) is 2.80. The molecule has 2 aromatic carbocycles. The van der Waals surface area contributed by atoms with Crippen molar-refractivity contribution in [2.75, 3.05) is 5.32 Å². The SMILES string of the molecule is Cc1ccc(NC(C)c2cccc(O)c2)cc1F. The van der Waals surface area contributed by atoms with Gasteiger partial charge in [-0.3, -0.25) is 0 Å². The van der Waals surface area contributed by atoms with Gasteiger partial charge in [0.2, 0.25) is 0 Å². The van der Waals surface area contributed by atoms with Gasteiger partial charge in [-0.2, -0.15) is 0 Å². The third-order valence-electron chi connectivity index (χ3n) is 2.93. The van der Waals surface area contributed by atoms with Crippen molar-refractivity contribution >= 4 is 5.69 Å². The highest BCUT2D eigenvalue weighted by molar-refractivity contribution is 5.47. The molecule has 3 heteroatoms. The molecule has 94 valence electrons. The standard InChI is InChI=1S/C15H16FNO/c1-10-6-7-13(9-15(10)16)17-11(2)12-4-3-5-14(18)8-12/h3-9,11,17-18H,1-2H3. The number of phenolic OH excluding ortho intramolecular Hbond substituents is 1. The second kappa shape index (κ2) is 5.08. The topological polar surface area (TPSA) is 32.3 Å². The van der Waals surface area contributed by atoms with Crippen LogP contribution < -0.4 is 5.32 Å². The number of phenols is 1. The molecule has 0 fully saturated rings. The van der Waals surface area contributed by atoms with E-state index in [0.717, 1.165) is 11.3 Å². The molecule has 0 saturated heterocycles. The Hall–Kier alpha value is -2.03. The molecule has 18 heavy (non-hydrogen) atoms. The fourth-order valence-electron chi connectivity index (χ4n) is 1.81. The first-order valence-electron chi connectivity index (χ1n) is 5.88. The molecular formula is C15H16FNO. The first-order valence-corrected chi connectivity index (χ1v) is 5.88. The van der Waals surface area contributed by atoms with Crippen LogP contribution in [0.3, 0.4) is 0 Å². The van der Waals surface area contributed by atoms with Crippen LogP contribution in [0, 0.1) is 12.7 Å². The van der Waals surface area contributed by atoms with Gasteiger partial charge in [0.05, 0.1) is 0 Å². The van der Waals surface area contributed by atoms with Crippen LogP contribution in [-0.4, -0.2) is 5.11 Å². The van der Waals surface area contributed by atoms with Crippen LogP contribution in [0.25, 0.3) is 0 Å². The van der Waals surface area contributed by atoms with Crippen molar-refractivity contribution in [2.24, 2.45) is 0 Å². The minimum Gasteiger partial charge on any atom is -0.508 e. The van der Waals surface area contributed by atoms with Crippen molar-refractivity contribution in [1.82, 2.24) is 0 Å². The number of anilines is 1. The van der Waals surface area contributed by atoms with Gasteiger partial charge in [0.15, 0.2) is 0 Å². The molecule has 0 bridgehead atoms. The van der Waals surface area contributed by atoms with Crippen LogP contribution in [0.15, 0.2) is 42.5 Å². The maximum absolute atomic E-state index is 13.4. The molecule has 0 aliphatic carbocycles. The highest BCUT2D eigenvalue weighted by Crippen LogP contribution is 2.23. The monoisotopic (exact) mass is 245 g/mol. The fraction of sp³-hybridized carbons (Fsp3) is 0.200. The van der Waals surface area contributed by atoms with Crippen LogP contribution in [0.1, 0.15) is 24.1 Å². The van der Waals surface area contributed by atoms with Gasteiger partial charge in [0, 0.05) is 11.7 Å². The van der Waals surface area contributed by atoms with Crippen molar-refractivity contribution < 1.29 is 9.50 Å². The van der Waals surface area contributed by atoms with Gasteiger partial charge in [-0.05, 0) is 49.2 Å². The lowest BCUT2D eigenvalue weighted by Gasteiger charge is -2.16. The van der Waals surface area contributed by atoms with E-state index in [4.69, 9.17) is 0 Å². The van der Waals surface area contributed by atoms with Gasteiger partial charge in [-0.25, -0.2) is 4.39 Å². The smallest absolute Gasteiger partial charge is 0.128 e. The lowest BCUT2D eigenvalue weighted by atomic mass is 10.1. The van der Waals surface area contributed by atoms with Crippen molar-refractivity contribution in [3.8, 4) is 5.75 Å². The Morgan fingerprint density at radius 2 is 1.94 bits per heavy atom. The zero-order chi connectivity index (χ0) is 13.1. The first-order chi connectivity index (χ1) is 8.56. The number of hydrogen-bond acceptors (Lipinski definition) is 2. The zero-order valence-corrected chi connectivity index (χ0v) is 10.4. The minimum atomic E-state index is -0.219. The average molecular weight is 245 g/mol. The summed E-state index contributed by atoms with van der Waals surface area (Å²) in [4.78, 5) is 0. The van der Waals surface area contributed by atoms with Crippen molar-refractivity contribution in [2.45, 2.75) is 19.9 Å². The summed E-state index contributed by atoms with van der Waals surface area (Å²) in [5, 5.41) is 12.6. The van der Waals surface area contributed by atoms with Gasteiger partial charge < -0.3 is 10.4 Å². The summed E-state index contributed by atoms with van der Waals surface area (Å²) >= 11 is 0. The van der Waals surface area contributed by atoms with Gasteiger partial charge in [0.1, 0.15) is 11.6 Å². The molecule has 2 N–H and O–H groups in total. The fourth-order valence-corrected chi connectivity index (χ4v) is 1.81. The first kappa shape index (κ1) is 12.4. The maximum Gasteiger partial charge on any atom is 0.128 e. The lowest BCUT2D eigenvalue weighted by Crippen LogP contribution is -2.06. The molecule has 0 amide bonds. The maximum atomic E-state index is 13.4. The summed E-state index contributed by atoms with van der Waals surface area (Å²) in [6.07, 6.45) is 0. The molecule has 2 aromatic rings. The molecule has 2 nitrogen and oxygen atoms in total. The Balaban J connectivity index is 2.16. The zero-order valence-electron chi connectivity index (χ0n) is 10.4. The minimum absolute atomic E-state index is 0.000735. The predicted octanol–water partition coefficient (Wildman–Crippen LogP) is 4.01. The molecule has 0 spiro atoms. The summed E-state index contributed by atoms with van der Waals surface area (Å²) in [5.74, 6) is 0.0133. The summed E-state index contributed by atoms with van der Waals surface area (Å²) in [5.41, 5.74) is 2.32. The molecule has 0 aromatic heterocycles. The van der Waals surface area contributed by atoms with E-state index in [9.17, 15) is 9.50 Å². The van der Waals surface area contributed by atoms with Gasteiger partial charge in [0.25, 0.3) is 0 Å². The molecule has 0 saturated carbocycles. The third-order valence-corrected chi connectivity index (χ3v) is 2.93. The largest absolute Gasteiger partial charge is 0.508 e. The van der Waals surface area contributed by atoms with Crippen LogP contribution >= 0.6 is 0 Å². The molecule has 0 aliphatic heterocycles. The van der Waals surface area contributed by atoms with E-state index in [1.807, 2.05) is 19.1 Å². The molecule has 1 atom stereocenters. The van der Waals surface area contributed by atoms with E-state index in [-0.39, 0.29) is 17.6 Å². The molecule has 0 radical (unpaired) electrons. The highest BCUT2D eigenvalue weighted by atomic mass is 19.1. The molecule has 0 aliphatic rings. The average Bonchev–Trinajstić information content (AvgIpc) is 2.34. The molecule has 1 unspecified atom stereocenters. The van der Waals surface area contributed by atoms with Gasteiger partial charge in [-0.1, -0.05) is 18.2 Å². The van der Waals surface area contributed by atoms with Gasteiger partial charge >= 0.3 is 0 Å². The second-order valence-electron chi connectivity index (χ2n) is 4.42. The number of aryl methyl sites for hydroxylation is 1. The normalized spacial score (nSPS) is 12.2. The van der Waals surface area contributed by atoms with Crippen LogP contribution in [-0.2, 0) is 0 Å². The van der Waals surface area contributed by atoms with E-state index >= 15 is 0 Å². The Morgan fingerprint density at radius 3 is 2.61 bits per heavy atom. The van der Waals surface area contributed by atoms with Crippen LogP contribution in [0.5, 0.6) is 5.75 Å². The highest BCUT2D eigenvalue weighted by Gasteiger charge is 2.07. The Labute approximate surface area is 106 Å². The number of nitrogens with one attached hydrogen (secondary N) is 1. The van der Waals surface area contributed by atoms with Crippen molar-refractivity contribution in [1.29, 1.82) is 0 Å². The van der Waals surface area contributed by atoms with E-state index in [0.29, 0.717) is 5.56 Å². The van der Waals surface area contributed by atoms with E-state index < -0.39 is 0 Å². The molecule has 0 heterocycles. The second-order valence-corrected chi connectivity index (χ2v) is 4.42. The van der Waals surface area contributed by atoms with Crippen LogP contribution in [0.4, 0.5) is 10.1 Å².